The Labute approximate surface area is 179 Å². The molecule has 2 radical (unpaired) electrons. The molecule has 0 bridgehead atoms. The van der Waals surface area contributed by atoms with Crippen molar-refractivity contribution in [1.29, 1.82) is 0 Å². The van der Waals surface area contributed by atoms with Crippen LogP contribution >= 0.6 is 0 Å². The van der Waals surface area contributed by atoms with Crippen LogP contribution in [0.15, 0.2) is 0 Å². The summed E-state index contributed by atoms with van der Waals surface area (Å²) in [5, 5.41) is 0. The highest BCUT2D eigenvalue weighted by molar-refractivity contribution is 5.20. The smallest absolute Gasteiger partial charge is 0.192 e. The van der Waals surface area contributed by atoms with Crippen molar-refractivity contribution in [3.8, 4) is 0 Å². The van der Waals surface area contributed by atoms with Crippen molar-refractivity contribution in [3.63, 3.8) is 0 Å². The van der Waals surface area contributed by atoms with Crippen LogP contribution in [0.5, 0.6) is 0 Å². The molecule has 0 heterocycles. The lowest BCUT2D eigenvalue weighted by Gasteiger charge is -2.44. The van der Waals surface area contributed by atoms with Crippen LogP contribution in [-0.4, -0.2) is 59.2 Å². The molecule has 216 valence electrons. The van der Waals surface area contributed by atoms with Crippen molar-refractivity contribution >= 4 is 0 Å². The Morgan fingerprint density at radius 1 is 0.222 bits per heavy atom. The largest absolute Gasteiger partial charge is 0.385 e. The van der Waals surface area contributed by atoms with Crippen molar-refractivity contribution in [3.05, 3.63) is 12.9 Å². The molecule has 0 unspecified atom stereocenters. The minimum absolute atomic E-state index is 5.33. The average Bonchev–Trinajstić information content (AvgIpc) is 2.65. The fraction of sp³-hybridized carbons (Fsp3) is 0.833. The van der Waals surface area contributed by atoms with E-state index in [2.05, 4.69) is 0 Å². The van der Waals surface area contributed by atoms with E-state index in [1.54, 1.807) is 0 Å². The van der Waals surface area contributed by atoms with Crippen LogP contribution in [0.3, 0.4) is 0 Å². The average molecular weight is 600 g/mol. The molecule has 0 rings (SSSR count). The van der Waals surface area contributed by atoms with E-state index in [9.17, 15) is 105 Å². The predicted molar refractivity (Wildman–Crippen MR) is 60.4 cm³/mol. The number of halogens is 24. The van der Waals surface area contributed by atoms with Gasteiger partial charge in [0.05, 0.1) is 0 Å². The lowest BCUT2D eigenvalue weighted by atomic mass is 9.85. The Bertz CT molecular complexity index is 721. The molecule has 0 aromatic rings. The summed E-state index contributed by atoms with van der Waals surface area (Å²) in [6, 6.07) is 0. The maximum absolute atomic E-state index is 13.3. The van der Waals surface area contributed by atoms with E-state index in [0.717, 1.165) is 0 Å². The predicted octanol–water partition coefficient (Wildman–Crippen LogP) is 8.20. The molecule has 0 aromatic heterocycles. The van der Waals surface area contributed by atoms with E-state index in [1.165, 1.54) is 0 Å². The van der Waals surface area contributed by atoms with Gasteiger partial charge in [-0.2, -0.15) is 105 Å². The second-order valence-corrected chi connectivity index (χ2v) is 6.26. The van der Waals surface area contributed by atoms with E-state index in [4.69, 9.17) is 0 Å². The Morgan fingerprint density at radius 2 is 0.333 bits per heavy atom. The molecule has 0 aliphatic rings. The van der Waals surface area contributed by atoms with Gasteiger partial charge >= 0.3 is 72.1 Å². The number of hydrogen-bond donors (Lipinski definition) is 0. The van der Waals surface area contributed by atoms with Crippen LogP contribution in [0.4, 0.5) is 105 Å². The fourth-order valence-corrected chi connectivity index (χ4v) is 1.81. The lowest BCUT2D eigenvalue weighted by molar-refractivity contribution is -0.470. The van der Waals surface area contributed by atoms with Crippen molar-refractivity contribution in [1.82, 2.24) is 0 Å². The summed E-state index contributed by atoms with van der Waals surface area (Å²) >= 11 is 0. The molecule has 0 aromatic carbocycles. The van der Waals surface area contributed by atoms with Gasteiger partial charge in [0.15, 0.2) is 0 Å². The molecule has 36 heavy (non-hydrogen) atoms. The standard InChI is InChI=1S/C12F24/c13-1(14)3(17,18)5(21,22)7(25,26)9(29,30)11(33,34)12(35,36)10(31,32)8(27,28)6(23,24)4(19,20)2(15)16. The molecule has 24 heteroatoms. The highest BCUT2D eigenvalue weighted by atomic mass is 19.4. The van der Waals surface area contributed by atoms with E-state index in [0.29, 0.717) is 0 Å². The normalized spacial score (nSPS) is 16.8. The van der Waals surface area contributed by atoms with Crippen molar-refractivity contribution in [2.75, 3.05) is 0 Å². The number of alkyl halides is 20. The Morgan fingerprint density at radius 3 is 0.444 bits per heavy atom. The molecule has 0 amide bonds. The van der Waals surface area contributed by atoms with E-state index < -0.39 is 72.1 Å². The van der Waals surface area contributed by atoms with Crippen LogP contribution < -0.4 is 0 Å². The molecular formula is C12F24. The van der Waals surface area contributed by atoms with Gasteiger partial charge in [-0.25, -0.2) is 0 Å². The summed E-state index contributed by atoms with van der Waals surface area (Å²) in [6.07, 6.45) is -10.7. The molecule has 0 fully saturated rings. The molecule has 0 aliphatic heterocycles. The summed E-state index contributed by atoms with van der Waals surface area (Å²) in [6.45, 7) is 0. The molecule has 0 spiro atoms. The maximum Gasteiger partial charge on any atom is 0.385 e. The Balaban J connectivity index is 7.16. The van der Waals surface area contributed by atoms with Gasteiger partial charge in [0.1, 0.15) is 0 Å². The molecule has 0 nitrogen and oxygen atoms in total. The molecule has 0 saturated heterocycles. The fourth-order valence-electron chi connectivity index (χ4n) is 1.81. The quantitative estimate of drug-likeness (QED) is 0.210. The van der Waals surface area contributed by atoms with Crippen molar-refractivity contribution in [2.24, 2.45) is 0 Å². The highest BCUT2D eigenvalue weighted by Crippen LogP contribution is 2.67. The third kappa shape index (κ3) is 3.80. The Hall–Kier alpha value is -1.68. The summed E-state index contributed by atoms with van der Waals surface area (Å²) in [4.78, 5) is 0. The van der Waals surface area contributed by atoms with Gasteiger partial charge < -0.3 is 0 Å². The zero-order chi connectivity index (χ0) is 30.2. The molecule has 0 N–H and O–H groups in total. The third-order valence-corrected chi connectivity index (χ3v) is 4.02. The zero-order valence-corrected chi connectivity index (χ0v) is 15.1. The van der Waals surface area contributed by atoms with Crippen molar-refractivity contribution < 1.29 is 105 Å². The van der Waals surface area contributed by atoms with Gasteiger partial charge in [-0.15, -0.1) is 0 Å². The Kier molecular flexibility index (Phi) is 8.02. The second-order valence-electron chi connectivity index (χ2n) is 6.26. The first-order valence-electron chi connectivity index (χ1n) is 7.29. The molecule has 0 aliphatic carbocycles. The lowest BCUT2D eigenvalue weighted by Crippen LogP contribution is -2.77. The third-order valence-electron chi connectivity index (χ3n) is 4.02. The van der Waals surface area contributed by atoms with Crippen LogP contribution in [0, 0.1) is 12.9 Å². The first-order valence-corrected chi connectivity index (χ1v) is 7.29. The van der Waals surface area contributed by atoms with Gasteiger partial charge in [0.2, 0.25) is 0 Å². The molecule has 0 saturated carbocycles. The topological polar surface area (TPSA) is 0 Å². The monoisotopic (exact) mass is 600 g/mol. The van der Waals surface area contributed by atoms with Gasteiger partial charge in [0.25, 0.3) is 0 Å². The highest BCUT2D eigenvalue weighted by Gasteiger charge is 2.98. The van der Waals surface area contributed by atoms with Gasteiger partial charge in [0, 0.05) is 0 Å². The summed E-state index contributed by atoms with van der Waals surface area (Å²) in [5.74, 6) is -89.0. The van der Waals surface area contributed by atoms with E-state index in [1.807, 2.05) is 0 Å². The van der Waals surface area contributed by atoms with E-state index >= 15 is 0 Å². The van der Waals surface area contributed by atoms with Crippen LogP contribution in [0.2, 0.25) is 0 Å². The van der Waals surface area contributed by atoms with Crippen molar-refractivity contribution in [2.45, 2.75) is 59.2 Å². The second kappa shape index (κ2) is 8.41. The summed E-state index contributed by atoms with van der Waals surface area (Å²) < 4.78 is 307. The molecule has 0 atom stereocenters. The zero-order valence-electron chi connectivity index (χ0n) is 15.1. The van der Waals surface area contributed by atoms with Crippen LogP contribution in [0.25, 0.3) is 0 Å². The first kappa shape index (κ1) is 34.3. The molecular weight excluding hydrogens is 600 g/mol. The van der Waals surface area contributed by atoms with Gasteiger partial charge in [-0.3, -0.25) is 0 Å². The van der Waals surface area contributed by atoms with Gasteiger partial charge in [-0.05, 0) is 0 Å². The van der Waals surface area contributed by atoms with Gasteiger partial charge in [-0.1, -0.05) is 0 Å². The minimum Gasteiger partial charge on any atom is -0.192 e. The summed E-state index contributed by atoms with van der Waals surface area (Å²) in [7, 11) is 0. The number of rotatable bonds is 11. The SMILES string of the molecule is F[C](F)C(F)(F)C(F)(F)C(F)(F)C(F)(F)C(F)(F)C(F)(F)C(F)(F)C(F)(F)C(F)(F)C(F)(F)[C](F)F. The van der Waals surface area contributed by atoms with Crippen LogP contribution in [-0.2, 0) is 0 Å². The van der Waals surface area contributed by atoms with Crippen LogP contribution in [0.1, 0.15) is 0 Å². The maximum atomic E-state index is 13.3. The summed E-state index contributed by atoms with van der Waals surface area (Å²) in [5.41, 5.74) is 0. The first-order chi connectivity index (χ1) is 15.1. The number of hydrogen-bond acceptors (Lipinski definition) is 0. The minimum atomic E-state index is -9.42. The van der Waals surface area contributed by atoms with E-state index in [-0.39, 0.29) is 0 Å².